The Labute approximate surface area is 126 Å². The molecule has 0 aromatic heterocycles. The molecule has 4 N–H and O–H groups in total. The van der Waals surface area contributed by atoms with Crippen molar-refractivity contribution in [1.82, 2.24) is 5.32 Å². The number of carbonyl (C=O) groups excluding carboxylic acids is 1. The van der Waals surface area contributed by atoms with Crippen molar-refractivity contribution in [3.05, 3.63) is 53.3 Å². The van der Waals surface area contributed by atoms with Crippen molar-refractivity contribution in [2.75, 3.05) is 5.32 Å². The van der Waals surface area contributed by atoms with E-state index in [2.05, 4.69) is 10.6 Å². The van der Waals surface area contributed by atoms with Gasteiger partial charge in [-0.1, -0.05) is 32.0 Å². The van der Waals surface area contributed by atoms with Gasteiger partial charge >= 0.3 is 0 Å². The molecule has 0 saturated heterocycles. The third kappa shape index (κ3) is 2.79. The van der Waals surface area contributed by atoms with Gasteiger partial charge in [0.25, 0.3) is 0 Å². The number of para-hydroxylation sites is 1. The lowest BCUT2D eigenvalue weighted by molar-refractivity contribution is -0.115. The Bertz CT molecular complexity index is 604. The molecule has 112 valence electrons. The molecule has 1 unspecified atom stereocenters. The van der Waals surface area contributed by atoms with Crippen LogP contribution in [-0.2, 0) is 4.79 Å². The molecule has 0 spiro atoms. The largest absolute Gasteiger partial charge is 0.366 e. The van der Waals surface area contributed by atoms with E-state index >= 15 is 0 Å². The lowest BCUT2D eigenvalue weighted by Crippen LogP contribution is -2.55. The van der Waals surface area contributed by atoms with Crippen molar-refractivity contribution in [3.63, 3.8) is 0 Å². The molecule has 0 saturated carbocycles. The Balaban J connectivity index is 2.50. The van der Waals surface area contributed by atoms with Crippen LogP contribution in [0.4, 0.5) is 5.69 Å². The Morgan fingerprint density at radius 3 is 2.62 bits per heavy atom. The van der Waals surface area contributed by atoms with Crippen LogP contribution in [0.5, 0.6) is 0 Å². The van der Waals surface area contributed by atoms with Crippen LogP contribution in [0.3, 0.4) is 0 Å². The van der Waals surface area contributed by atoms with Gasteiger partial charge in [-0.3, -0.25) is 4.79 Å². The van der Waals surface area contributed by atoms with E-state index in [9.17, 15) is 4.79 Å². The lowest BCUT2D eigenvalue weighted by Gasteiger charge is -2.40. The summed E-state index contributed by atoms with van der Waals surface area (Å²) in [6.45, 7) is 6.11. The van der Waals surface area contributed by atoms with Crippen LogP contribution >= 0.6 is 0 Å². The smallest absolute Gasteiger partial charge is 0.249 e. The maximum atomic E-state index is 12.0. The summed E-state index contributed by atoms with van der Waals surface area (Å²) >= 11 is 0. The summed E-state index contributed by atoms with van der Waals surface area (Å²) in [6.07, 6.45) is 5.29. The molecule has 0 bridgehead atoms. The summed E-state index contributed by atoms with van der Waals surface area (Å²) in [5.74, 6) is -0.383. The third-order valence-corrected chi connectivity index (χ3v) is 4.01. The highest BCUT2D eigenvalue weighted by Crippen LogP contribution is 2.31. The van der Waals surface area contributed by atoms with Crippen molar-refractivity contribution >= 4 is 11.6 Å². The predicted octanol–water partition coefficient (Wildman–Crippen LogP) is 2.82. The van der Waals surface area contributed by atoms with Crippen LogP contribution in [0, 0.1) is 6.92 Å². The minimum absolute atomic E-state index is 0.383. The Hall–Kier alpha value is -2.23. The molecule has 2 rings (SSSR count). The van der Waals surface area contributed by atoms with Crippen LogP contribution in [0.1, 0.15) is 32.3 Å². The van der Waals surface area contributed by atoms with Crippen LogP contribution in [0.15, 0.2) is 47.7 Å². The van der Waals surface area contributed by atoms with E-state index in [0.717, 1.165) is 23.2 Å². The second-order valence-corrected chi connectivity index (χ2v) is 5.29. The molecule has 4 nitrogen and oxygen atoms in total. The van der Waals surface area contributed by atoms with E-state index < -0.39 is 5.66 Å². The molecule has 1 aromatic carbocycles. The SMILES string of the molecule is CCC1=C(C(N)=O)C(CC)(Nc2ccccc2C)NC=C1. The highest BCUT2D eigenvalue weighted by atomic mass is 16.1. The average Bonchev–Trinajstić information content (AvgIpc) is 2.48. The molecule has 1 amide bonds. The van der Waals surface area contributed by atoms with Gasteiger partial charge in [-0.05, 0) is 49.2 Å². The molecule has 0 radical (unpaired) electrons. The Morgan fingerprint density at radius 1 is 1.33 bits per heavy atom. The monoisotopic (exact) mass is 285 g/mol. The van der Waals surface area contributed by atoms with Gasteiger partial charge < -0.3 is 16.4 Å². The van der Waals surface area contributed by atoms with Gasteiger partial charge in [0.15, 0.2) is 0 Å². The normalized spacial score (nSPS) is 21.1. The number of nitrogens with two attached hydrogens (primary N) is 1. The first-order valence-electron chi connectivity index (χ1n) is 7.35. The molecule has 1 aliphatic heterocycles. The van der Waals surface area contributed by atoms with Gasteiger partial charge in [0, 0.05) is 5.69 Å². The zero-order valence-electron chi connectivity index (χ0n) is 12.9. The second-order valence-electron chi connectivity index (χ2n) is 5.29. The van der Waals surface area contributed by atoms with E-state index in [0.29, 0.717) is 12.0 Å². The summed E-state index contributed by atoms with van der Waals surface area (Å²) in [4.78, 5) is 12.0. The number of aryl methyl sites for hydroxylation is 1. The number of amides is 1. The molecule has 1 aliphatic rings. The first-order valence-corrected chi connectivity index (χ1v) is 7.35. The number of hydrogen-bond acceptors (Lipinski definition) is 3. The number of allylic oxidation sites excluding steroid dienone is 2. The number of rotatable bonds is 5. The van der Waals surface area contributed by atoms with Crippen molar-refractivity contribution in [1.29, 1.82) is 0 Å². The number of hydrogen-bond donors (Lipinski definition) is 3. The highest BCUT2D eigenvalue weighted by molar-refractivity contribution is 5.96. The topological polar surface area (TPSA) is 67.2 Å². The summed E-state index contributed by atoms with van der Waals surface area (Å²) < 4.78 is 0. The molecule has 4 heteroatoms. The molecule has 1 heterocycles. The molecule has 1 aromatic rings. The van der Waals surface area contributed by atoms with Gasteiger partial charge in [-0.2, -0.15) is 0 Å². The Kier molecular flexibility index (Phi) is 4.36. The van der Waals surface area contributed by atoms with E-state index in [4.69, 9.17) is 5.73 Å². The fourth-order valence-electron chi connectivity index (χ4n) is 2.79. The quantitative estimate of drug-likeness (QED) is 0.779. The van der Waals surface area contributed by atoms with Crippen molar-refractivity contribution in [2.24, 2.45) is 5.73 Å². The average molecular weight is 285 g/mol. The zero-order chi connectivity index (χ0) is 15.5. The second kappa shape index (κ2) is 6.04. The molecule has 0 fully saturated rings. The van der Waals surface area contributed by atoms with Gasteiger partial charge in [-0.15, -0.1) is 0 Å². The maximum absolute atomic E-state index is 12.0. The summed E-state index contributed by atoms with van der Waals surface area (Å²) in [5, 5.41) is 6.79. The van der Waals surface area contributed by atoms with E-state index in [1.165, 1.54) is 0 Å². The fraction of sp³-hybridized carbons (Fsp3) is 0.353. The first-order chi connectivity index (χ1) is 10.0. The van der Waals surface area contributed by atoms with Gasteiger partial charge in [0.2, 0.25) is 5.91 Å². The van der Waals surface area contributed by atoms with Crippen molar-refractivity contribution in [3.8, 4) is 0 Å². The van der Waals surface area contributed by atoms with Crippen molar-refractivity contribution in [2.45, 2.75) is 39.3 Å². The number of primary amides is 1. The van der Waals surface area contributed by atoms with Gasteiger partial charge in [0.05, 0.1) is 5.57 Å². The van der Waals surface area contributed by atoms with Gasteiger partial charge in [-0.25, -0.2) is 0 Å². The van der Waals surface area contributed by atoms with Crippen LogP contribution in [0.2, 0.25) is 0 Å². The van der Waals surface area contributed by atoms with Gasteiger partial charge in [0.1, 0.15) is 5.66 Å². The maximum Gasteiger partial charge on any atom is 0.249 e. The molecular weight excluding hydrogens is 262 g/mol. The number of dihydropyridines is 1. The number of anilines is 1. The predicted molar refractivity (Wildman–Crippen MR) is 86.6 cm³/mol. The zero-order valence-corrected chi connectivity index (χ0v) is 12.9. The molecular formula is C17H23N3O. The Morgan fingerprint density at radius 2 is 2.05 bits per heavy atom. The van der Waals surface area contributed by atoms with E-state index in [1.54, 1.807) is 0 Å². The van der Waals surface area contributed by atoms with Crippen LogP contribution in [-0.4, -0.2) is 11.6 Å². The summed E-state index contributed by atoms with van der Waals surface area (Å²) in [7, 11) is 0. The lowest BCUT2D eigenvalue weighted by atomic mass is 9.87. The minimum Gasteiger partial charge on any atom is -0.366 e. The van der Waals surface area contributed by atoms with Crippen LogP contribution < -0.4 is 16.4 Å². The number of benzene rings is 1. The van der Waals surface area contributed by atoms with Crippen molar-refractivity contribution < 1.29 is 4.79 Å². The van der Waals surface area contributed by atoms with E-state index in [1.807, 2.05) is 57.3 Å². The van der Waals surface area contributed by atoms with Crippen LogP contribution in [0.25, 0.3) is 0 Å². The minimum atomic E-state index is -0.655. The third-order valence-electron chi connectivity index (χ3n) is 4.01. The highest BCUT2D eigenvalue weighted by Gasteiger charge is 2.38. The first kappa shape index (κ1) is 15.2. The van der Waals surface area contributed by atoms with E-state index in [-0.39, 0.29) is 5.91 Å². The number of carbonyl (C=O) groups is 1. The summed E-state index contributed by atoms with van der Waals surface area (Å²) in [5.41, 5.74) is 8.73. The molecule has 1 atom stereocenters. The summed E-state index contributed by atoms with van der Waals surface area (Å²) in [6, 6.07) is 8.02. The standard InChI is InChI=1S/C17H23N3O/c1-4-13-10-11-19-17(5-2,15(13)16(18)21)20-14-9-7-6-8-12(14)3/h6-11,19-20H,4-5H2,1-3H3,(H2,18,21). The number of nitrogens with one attached hydrogen (secondary N) is 2. The molecule has 21 heavy (non-hydrogen) atoms. The fourth-order valence-corrected chi connectivity index (χ4v) is 2.79. The molecule has 0 aliphatic carbocycles.